The Balaban J connectivity index is 1.58. The summed E-state index contributed by atoms with van der Waals surface area (Å²) in [5.74, 6) is 0.699. The quantitative estimate of drug-likeness (QED) is 0.562. The molecule has 5 nitrogen and oxygen atoms in total. The van der Waals surface area contributed by atoms with Crippen molar-refractivity contribution in [2.75, 3.05) is 6.54 Å². The van der Waals surface area contributed by atoms with E-state index in [1.165, 1.54) is 11.1 Å². The van der Waals surface area contributed by atoms with Crippen molar-refractivity contribution in [3.63, 3.8) is 0 Å². The van der Waals surface area contributed by atoms with E-state index in [0.29, 0.717) is 12.1 Å². The number of hydrogen-bond donors (Lipinski definition) is 1. The van der Waals surface area contributed by atoms with Crippen LogP contribution in [0.5, 0.6) is 0 Å². The van der Waals surface area contributed by atoms with Crippen LogP contribution in [0.15, 0.2) is 91.4 Å². The van der Waals surface area contributed by atoms with Crippen LogP contribution in [-0.4, -0.2) is 26.8 Å². The third-order valence-electron chi connectivity index (χ3n) is 4.87. The van der Waals surface area contributed by atoms with Gasteiger partial charge in [-0.2, -0.15) is 5.10 Å². The second-order valence-corrected chi connectivity index (χ2v) is 6.68. The summed E-state index contributed by atoms with van der Waals surface area (Å²) in [5.41, 5.74) is 2.90. The third-order valence-corrected chi connectivity index (χ3v) is 4.87. The van der Waals surface area contributed by atoms with Gasteiger partial charge in [0.2, 0.25) is 0 Å². The second kappa shape index (κ2) is 7.96. The molecule has 2 aromatic heterocycles. The lowest BCUT2D eigenvalue weighted by Crippen LogP contribution is -2.29. The number of amides is 1. The fourth-order valence-electron chi connectivity index (χ4n) is 3.46. The molecule has 2 heterocycles. The third kappa shape index (κ3) is 3.60. The lowest BCUT2D eigenvalue weighted by molar-refractivity contribution is 0.0952. The van der Waals surface area contributed by atoms with Crippen LogP contribution in [0.25, 0.3) is 5.82 Å². The van der Waals surface area contributed by atoms with Crippen molar-refractivity contribution < 1.29 is 4.79 Å². The summed E-state index contributed by atoms with van der Waals surface area (Å²) in [6, 6.07) is 24.3. The Morgan fingerprint density at radius 1 is 0.929 bits per heavy atom. The van der Waals surface area contributed by atoms with E-state index in [4.69, 9.17) is 0 Å². The van der Waals surface area contributed by atoms with Crippen LogP contribution in [0.3, 0.4) is 0 Å². The first-order valence-electron chi connectivity index (χ1n) is 9.27. The standard InChI is InChI=1S/C23H22N4O/c1-26-23(27-14-8-9-15-27)21(17-25-26)22(28)24-16-20(18-10-4-2-5-11-18)19-12-6-3-7-13-19/h2-15,17,20H,16H2,1H3,(H,24,28). The average Bonchev–Trinajstić information content (AvgIpc) is 3.39. The Morgan fingerprint density at radius 2 is 1.50 bits per heavy atom. The first-order chi connectivity index (χ1) is 13.7. The van der Waals surface area contributed by atoms with Crippen molar-refractivity contribution in [2.24, 2.45) is 7.05 Å². The van der Waals surface area contributed by atoms with Gasteiger partial charge < -0.3 is 9.88 Å². The molecule has 28 heavy (non-hydrogen) atoms. The zero-order valence-electron chi connectivity index (χ0n) is 15.7. The SMILES string of the molecule is Cn1ncc(C(=O)NCC(c2ccccc2)c2ccccc2)c1-n1cccc1. The van der Waals surface area contributed by atoms with E-state index in [0.717, 1.165) is 5.82 Å². The van der Waals surface area contributed by atoms with Gasteiger partial charge in [-0.05, 0) is 23.3 Å². The smallest absolute Gasteiger partial charge is 0.256 e. The zero-order valence-corrected chi connectivity index (χ0v) is 15.7. The maximum absolute atomic E-state index is 13.0. The molecule has 0 aliphatic carbocycles. The summed E-state index contributed by atoms with van der Waals surface area (Å²) in [7, 11) is 1.84. The minimum absolute atomic E-state index is 0.0815. The molecule has 1 amide bonds. The number of rotatable bonds is 6. The molecule has 5 heteroatoms. The zero-order chi connectivity index (χ0) is 19.3. The molecule has 1 N–H and O–H groups in total. The number of aromatic nitrogens is 3. The van der Waals surface area contributed by atoms with Gasteiger partial charge in [-0.15, -0.1) is 0 Å². The molecule has 4 rings (SSSR count). The van der Waals surface area contributed by atoms with Gasteiger partial charge in [0.1, 0.15) is 11.4 Å². The van der Waals surface area contributed by atoms with Gasteiger partial charge in [0, 0.05) is 31.9 Å². The molecular formula is C23H22N4O. The van der Waals surface area contributed by atoms with Crippen LogP contribution >= 0.6 is 0 Å². The van der Waals surface area contributed by atoms with E-state index in [2.05, 4.69) is 34.7 Å². The molecule has 0 saturated heterocycles. The predicted molar refractivity (Wildman–Crippen MR) is 110 cm³/mol. The lowest BCUT2D eigenvalue weighted by atomic mass is 9.91. The predicted octanol–water partition coefficient (Wildman–Crippen LogP) is 3.77. The van der Waals surface area contributed by atoms with E-state index in [1.54, 1.807) is 10.9 Å². The first kappa shape index (κ1) is 17.8. The lowest BCUT2D eigenvalue weighted by Gasteiger charge is -2.19. The number of nitrogens with one attached hydrogen (secondary N) is 1. The normalized spacial score (nSPS) is 10.9. The number of carbonyl (C=O) groups is 1. The van der Waals surface area contributed by atoms with Gasteiger partial charge in [-0.3, -0.25) is 9.48 Å². The number of aryl methyl sites for hydroxylation is 1. The molecule has 0 fully saturated rings. The van der Waals surface area contributed by atoms with Crippen LogP contribution in [0.1, 0.15) is 27.4 Å². The summed E-state index contributed by atoms with van der Waals surface area (Å²) < 4.78 is 3.61. The Kier molecular flexibility index (Phi) is 5.06. The summed E-state index contributed by atoms with van der Waals surface area (Å²) in [6.45, 7) is 0.507. The van der Waals surface area contributed by atoms with Crippen LogP contribution in [0, 0.1) is 0 Å². The van der Waals surface area contributed by atoms with Gasteiger partial charge in [-0.1, -0.05) is 60.7 Å². The monoisotopic (exact) mass is 370 g/mol. The van der Waals surface area contributed by atoms with Crippen LogP contribution < -0.4 is 5.32 Å². The highest BCUT2D eigenvalue weighted by atomic mass is 16.1. The summed E-state index contributed by atoms with van der Waals surface area (Å²) in [6.07, 6.45) is 5.43. The largest absolute Gasteiger partial charge is 0.351 e. The van der Waals surface area contributed by atoms with Crippen molar-refractivity contribution in [3.05, 3.63) is 108 Å². The Morgan fingerprint density at radius 3 is 2.07 bits per heavy atom. The topological polar surface area (TPSA) is 51.9 Å². The van der Waals surface area contributed by atoms with Crippen molar-refractivity contribution in [1.82, 2.24) is 19.7 Å². The fraction of sp³-hybridized carbons (Fsp3) is 0.130. The molecule has 0 saturated carbocycles. The molecule has 0 radical (unpaired) electrons. The number of carbonyl (C=O) groups excluding carboxylic acids is 1. The summed E-state index contributed by atoms with van der Waals surface area (Å²) in [5, 5.41) is 7.38. The fourth-order valence-corrected chi connectivity index (χ4v) is 3.46. The van der Waals surface area contributed by atoms with E-state index in [1.807, 2.05) is 72.5 Å². The molecule has 4 aromatic rings. The molecule has 2 aromatic carbocycles. The molecular weight excluding hydrogens is 348 g/mol. The van der Waals surface area contributed by atoms with Crippen molar-refractivity contribution in [3.8, 4) is 5.82 Å². The van der Waals surface area contributed by atoms with Gasteiger partial charge in [-0.25, -0.2) is 0 Å². The van der Waals surface area contributed by atoms with Crippen molar-refractivity contribution in [2.45, 2.75) is 5.92 Å². The van der Waals surface area contributed by atoms with Crippen molar-refractivity contribution in [1.29, 1.82) is 0 Å². The Bertz CT molecular complexity index is 997. The molecule has 140 valence electrons. The van der Waals surface area contributed by atoms with Crippen LogP contribution in [0.2, 0.25) is 0 Å². The van der Waals surface area contributed by atoms with E-state index in [9.17, 15) is 4.79 Å². The number of hydrogen-bond acceptors (Lipinski definition) is 2. The molecule has 0 unspecified atom stereocenters. The van der Waals surface area contributed by atoms with E-state index in [-0.39, 0.29) is 11.8 Å². The van der Waals surface area contributed by atoms with Crippen molar-refractivity contribution >= 4 is 5.91 Å². The number of benzene rings is 2. The highest BCUT2D eigenvalue weighted by molar-refractivity contribution is 5.97. The summed E-state index contributed by atoms with van der Waals surface area (Å²) >= 11 is 0. The van der Waals surface area contributed by atoms with Gasteiger partial charge in [0.25, 0.3) is 5.91 Å². The molecule has 0 atom stereocenters. The Hall–Kier alpha value is -3.60. The van der Waals surface area contributed by atoms with Crippen LogP contribution in [-0.2, 0) is 7.05 Å². The number of nitrogens with zero attached hydrogens (tertiary/aromatic N) is 3. The molecule has 0 spiro atoms. The van der Waals surface area contributed by atoms with Gasteiger partial charge in [0.05, 0.1) is 6.20 Å². The molecule has 0 bridgehead atoms. The van der Waals surface area contributed by atoms with Crippen LogP contribution in [0.4, 0.5) is 0 Å². The highest BCUT2D eigenvalue weighted by Crippen LogP contribution is 2.24. The van der Waals surface area contributed by atoms with Gasteiger partial charge >= 0.3 is 0 Å². The first-order valence-corrected chi connectivity index (χ1v) is 9.27. The van der Waals surface area contributed by atoms with E-state index >= 15 is 0 Å². The van der Waals surface area contributed by atoms with E-state index < -0.39 is 0 Å². The minimum Gasteiger partial charge on any atom is -0.351 e. The molecule has 0 aliphatic rings. The van der Waals surface area contributed by atoms with Gasteiger partial charge in [0.15, 0.2) is 0 Å². The second-order valence-electron chi connectivity index (χ2n) is 6.68. The minimum atomic E-state index is -0.131. The highest BCUT2D eigenvalue weighted by Gasteiger charge is 2.20. The maximum Gasteiger partial charge on any atom is 0.256 e. The maximum atomic E-state index is 13.0. The Labute approximate surface area is 164 Å². The molecule has 0 aliphatic heterocycles. The average molecular weight is 370 g/mol. The summed E-state index contributed by atoms with van der Waals surface area (Å²) in [4.78, 5) is 13.0.